The number of ether oxygens (including phenoxy) is 1. The zero-order valence-corrected chi connectivity index (χ0v) is 10.3. The van der Waals surface area contributed by atoms with Gasteiger partial charge in [-0.2, -0.15) is 0 Å². The maximum atomic E-state index is 11.7. The van der Waals surface area contributed by atoms with Gasteiger partial charge in [0.1, 0.15) is 0 Å². The highest BCUT2D eigenvalue weighted by atomic mass is 32.2. The molecule has 0 saturated heterocycles. The predicted molar refractivity (Wildman–Crippen MR) is 60.8 cm³/mol. The number of methoxy groups -OCH3 is 1. The van der Waals surface area contributed by atoms with Gasteiger partial charge >= 0.3 is 5.69 Å². The zero-order chi connectivity index (χ0) is 13.8. The minimum Gasteiger partial charge on any atom is -0.389 e. The van der Waals surface area contributed by atoms with Crippen molar-refractivity contribution in [3.05, 3.63) is 27.0 Å². The molecule has 102 valence electrons. The van der Waals surface area contributed by atoms with E-state index in [-0.39, 0.29) is 13.2 Å². The van der Waals surface area contributed by atoms with Crippen LogP contribution in [0.4, 0.5) is 0 Å². The molecule has 1 atom stereocenters. The Morgan fingerprint density at radius 1 is 1.50 bits per heavy atom. The fraction of sp³-hybridized carbons (Fsp3) is 0.500. The van der Waals surface area contributed by atoms with Crippen LogP contribution in [0.1, 0.15) is 0 Å². The number of hydrogen-bond acceptors (Lipinski definition) is 6. The smallest absolute Gasteiger partial charge is 0.325 e. The van der Waals surface area contributed by atoms with Crippen LogP contribution in [0, 0.1) is 0 Å². The lowest BCUT2D eigenvalue weighted by Crippen LogP contribution is -2.38. The summed E-state index contributed by atoms with van der Waals surface area (Å²) >= 11 is 0. The lowest BCUT2D eigenvalue weighted by atomic mass is 10.4. The molecule has 1 rings (SSSR count). The van der Waals surface area contributed by atoms with Crippen molar-refractivity contribution in [1.82, 2.24) is 14.7 Å². The van der Waals surface area contributed by atoms with Gasteiger partial charge in [0.15, 0.2) is 4.90 Å². The summed E-state index contributed by atoms with van der Waals surface area (Å²) in [6, 6.07) is 0. The van der Waals surface area contributed by atoms with Crippen molar-refractivity contribution in [2.45, 2.75) is 11.0 Å². The van der Waals surface area contributed by atoms with E-state index < -0.39 is 32.3 Å². The van der Waals surface area contributed by atoms with E-state index in [0.29, 0.717) is 0 Å². The average Bonchev–Trinajstić information content (AvgIpc) is 2.26. The van der Waals surface area contributed by atoms with Gasteiger partial charge in [0.2, 0.25) is 10.0 Å². The molecule has 0 bridgehead atoms. The van der Waals surface area contributed by atoms with Crippen molar-refractivity contribution in [2.24, 2.45) is 0 Å². The molecule has 10 heteroatoms. The number of sulfonamides is 1. The fourth-order valence-electron chi connectivity index (χ4n) is 1.13. The number of H-pyrrole nitrogens is 2. The summed E-state index contributed by atoms with van der Waals surface area (Å²) < 4.78 is 30.0. The Balaban J connectivity index is 2.87. The lowest BCUT2D eigenvalue weighted by Gasteiger charge is -2.10. The monoisotopic (exact) mass is 279 g/mol. The first kappa shape index (κ1) is 14.6. The maximum Gasteiger partial charge on any atom is 0.325 e. The highest BCUT2D eigenvalue weighted by Crippen LogP contribution is 1.98. The summed E-state index contributed by atoms with van der Waals surface area (Å²) in [5, 5.41) is 9.28. The summed E-state index contributed by atoms with van der Waals surface area (Å²) in [4.78, 5) is 25.2. The van der Waals surface area contributed by atoms with Crippen LogP contribution >= 0.6 is 0 Å². The molecule has 0 aromatic carbocycles. The van der Waals surface area contributed by atoms with Gasteiger partial charge in [0.05, 0.1) is 12.7 Å². The number of aromatic amines is 2. The average molecular weight is 279 g/mol. The SMILES string of the molecule is COCC(O)CNS(=O)(=O)c1c[nH]c(=O)[nH]c1=O. The fourth-order valence-corrected chi connectivity index (χ4v) is 2.21. The van der Waals surface area contributed by atoms with Gasteiger partial charge in [-0.05, 0) is 0 Å². The van der Waals surface area contributed by atoms with E-state index in [0.717, 1.165) is 6.20 Å². The molecule has 1 heterocycles. The second kappa shape index (κ2) is 5.91. The Labute approximate surface area is 102 Å². The topological polar surface area (TPSA) is 141 Å². The van der Waals surface area contributed by atoms with Crippen molar-refractivity contribution in [2.75, 3.05) is 20.3 Å². The molecule has 9 nitrogen and oxygen atoms in total. The Kier molecular flexibility index (Phi) is 4.78. The summed E-state index contributed by atoms with van der Waals surface area (Å²) in [5.74, 6) is 0. The first-order valence-corrected chi connectivity index (χ1v) is 6.34. The van der Waals surface area contributed by atoms with E-state index >= 15 is 0 Å². The van der Waals surface area contributed by atoms with E-state index in [1.165, 1.54) is 7.11 Å². The van der Waals surface area contributed by atoms with Gasteiger partial charge in [0.25, 0.3) is 5.56 Å². The Morgan fingerprint density at radius 2 is 2.17 bits per heavy atom. The zero-order valence-electron chi connectivity index (χ0n) is 9.47. The minimum atomic E-state index is -4.10. The summed E-state index contributed by atoms with van der Waals surface area (Å²) in [6.45, 7) is -0.362. The molecule has 0 spiro atoms. The van der Waals surface area contributed by atoms with Crippen molar-refractivity contribution < 1.29 is 18.3 Å². The lowest BCUT2D eigenvalue weighted by molar-refractivity contribution is 0.0679. The maximum absolute atomic E-state index is 11.7. The van der Waals surface area contributed by atoms with Crippen molar-refractivity contribution in [3.63, 3.8) is 0 Å². The standard InChI is InChI=1S/C8H13N3O6S/c1-17-4-5(12)2-10-18(15,16)6-3-9-8(14)11-7(6)13/h3,5,10,12H,2,4H2,1H3,(H2,9,11,13,14). The molecular weight excluding hydrogens is 266 g/mol. The Bertz CT molecular complexity index is 604. The molecule has 18 heavy (non-hydrogen) atoms. The number of aliphatic hydroxyl groups is 1. The van der Waals surface area contributed by atoms with Crippen LogP contribution in [-0.4, -0.2) is 49.9 Å². The van der Waals surface area contributed by atoms with E-state index in [9.17, 15) is 23.1 Å². The van der Waals surface area contributed by atoms with Gasteiger partial charge in [-0.1, -0.05) is 0 Å². The van der Waals surface area contributed by atoms with Crippen molar-refractivity contribution >= 4 is 10.0 Å². The summed E-state index contributed by atoms with van der Waals surface area (Å²) in [6.07, 6.45) is -0.252. The molecule has 1 aromatic heterocycles. The Morgan fingerprint density at radius 3 is 2.72 bits per heavy atom. The van der Waals surface area contributed by atoms with Crippen LogP contribution in [0.25, 0.3) is 0 Å². The minimum absolute atomic E-state index is 0.0511. The number of rotatable bonds is 6. The molecule has 1 aromatic rings. The number of hydrogen-bond donors (Lipinski definition) is 4. The molecule has 0 radical (unpaired) electrons. The van der Waals surface area contributed by atoms with Crippen LogP contribution in [0.5, 0.6) is 0 Å². The van der Waals surface area contributed by atoms with E-state index in [4.69, 9.17) is 0 Å². The van der Waals surface area contributed by atoms with Gasteiger partial charge in [-0.15, -0.1) is 0 Å². The van der Waals surface area contributed by atoms with Gasteiger partial charge in [-0.3, -0.25) is 9.78 Å². The molecule has 0 aliphatic rings. The molecule has 0 amide bonds. The molecule has 0 aliphatic heterocycles. The summed E-state index contributed by atoms with van der Waals surface area (Å²) in [5.41, 5.74) is -1.84. The third kappa shape index (κ3) is 3.77. The first-order chi connectivity index (χ1) is 8.36. The molecule has 4 N–H and O–H groups in total. The van der Waals surface area contributed by atoms with Crippen molar-refractivity contribution in [3.8, 4) is 0 Å². The highest BCUT2D eigenvalue weighted by molar-refractivity contribution is 7.89. The van der Waals surface area contributed by atoms with Crippen molar-refractivity contribution in [1.29, 1.82) is 0 Å². The van der Waals surface area contributed by atoms with Gasteiger partial charge in [0, 0.05) is 19.9 Å². The third-order valence-electron chi connectivity index (χ3n) is 1.94. The van der Waals surface area contributed by atoms with Crippen LogP contribution in [0.3, 0.4) is 0 Å². The molecule has 1 unspecified atom stereocenters. The second-order valence-corrected chi connectivity index (χ2v) is 5.13. The normalized spacial score (nSPS) is 13.4. The Hall–Kier alpha value is -1.49. The molecule has 0 aliphatic carbocycles. The summed E-state index contributed by atoms with van der Waals surface area (Å²) in [7, 11) is -2.75. The van der Waals surface area contributed by atoms with E-state index in [2.05, 4.69) is 4.74 Å². The number of aromatic nitrogens is 2. The first-order valence-electron chi connectivity index (χ1n) is 4.85. The van der Waals surface area contributed by atoms with Crippen LogP contribution in [-0.2, 0) is 14.8 Å². The van der Waals surface area contributed by atoms with E-state index in [1.807, 2.05) is 9.71 Å². The third-order valence-corrected chi connectivity index (χ3v) is 3.37. The van der Waals surface area contributed by atoms with Crippen LogP contribution in [0.2, 0.25) is 0 Å². The largest absolute Gasteiger partial charge is 0.389 e. The highest BCUT2D eigenvalue weighted by Gasteiger charge is 2.19. The molecule has 0 saturated carbocycles. The predicted octanol–water partition coefficient (Wildman–Crippen LogP) is -2.65. The quantitative estimate of drug-likeness (QED) is 0.448. The number of nitrogens with one attached hydrogen (secondary N) is 3. The molecular formula is C8H13N3O6S. The van der Waals surface area contributed by atoms with Crippen LogP contribution in [0.15, 0.2) is 20.7 Å². The van der Waals surface area contributed by atoms with E-state index in [1.54, 1.807) is 4.98 Å². The van der Waals surface area contributed by atoms with Crippen LogP contribution < -0.4 is 16.0 Å². The van der Waals surface area contributed by atoms with Gasteiger partial charge < -0.3 is 14.8 Å². The second-order valence-electron chi connectivity index (χ2n) is 3.40. The number of aliphatic hydroxyl groups excluding tert-OH is 1. The molecule has 0 fully saturated rings. The van der Waals surface area contributed by atoms with Gasteiger partial charge in [-0.25, -0.2) is 17.9 Å².